The molecule has 0 bridgehead atoms. The molecule has 2 saturated heterocycles. The zero-order valence-electron chi connectivity index (χ0n) is 26.1. The van der Waals surface area contributed by atoms with Crippen LogP contribution in [0.3, 0.4) is 0 Å². The van der Waals surface area contributed by atoms with Gasteiger partial charge in [0.1, 0.15) is 29.9 Å². The summed E-state index contributed by atoms with van der Waals surface area (Å²) in [5.74, 6) is -7.03. The van der Waals surface area contributed by atoms with E-state index in [-0.39, 0.29) is 37.1 Å². The normalized spacial score (nSPS) is 50.3. The molecule has 6 rings (SSSR count). The number of carbonyl (C=O) groups is 3. The third-order valence-electron chi connectivity index (χ3n) is 11.6. The molecule has 16 atom stereocenters. The summed E-state index contributed by atoms with van der Waals surface area (Å²) in [7, 11) is 1.51. The van der Waals surface area contributed by atoms with Gasteiger partial charge >= 0.3 is 0 Å². The zero-order chi connectivity index (χ0) is 32.2. The first-order chi connectivity index (χ1) is 21.5. The minimum Gasteiger partial charge on any atom is -0.392 e. The monoisotopic (exact) mass is 639 g/mol. The summed E-state index contributed by atoms with van der Waals surface area (Å²) in [6, 6.07) is -0.500. The van der Waals surface area contributed by atoms with Crippen molar-refractivity contribution in [2.45, 2.75) is 126 Å². The van der Waals surface area contributed by atoms with Crippen LogP contribution in [0.4, 0.5) is 0 Å². The summed E-state index contributed by atoms with van der Waals surface area (Å²) in [4.78, 5) is 40.8. The van der Waals surface area contributed by atoms with Crippen LogP contribution in [0.5, 0.6) is 0 Å². The van der Waals surface area contributed by atoms with Crippen molar-refractivity contribution in [1.82, 2.24) is 0 Å². The first-order valence-corrected chi connectivity index (χ1v) is 16.7. The molecule has 2 aliphatic heterocycles. The Balaban J connectivity index is 1.26. The lowest BCUT2D eigenvalue weighted by Crippen LogP contribution is -2.69. The Morgan fingerprint density at radius 1 is 0.956 bits per heavy atom. The fraction of sp³-hybridized carbons (Fsp3) is 0.906. The van der Waals surface area contributed by atoms with E-state index in [0.717, 1.165) is 19.3 Å². The van der Waals surface area contributed by atoms with Gasteiger partial charge in [-0.1, -0.05) is 6.42 Å². The Labute approximate surface area is 263 Å². The van der Waals surface area contributed by atoms with Gasteiger partial charge in [-0.3, -0.25) is 14.4 Å². The molecule has 0 radical (unpaired) electrons. The maximum atomic E-state index is 14.1. The number of methoxy groups -OCH3 is 1. The highest BCUT2D eigenvalue weighted by atomic mass is 16.7. The van der Waals surface area contributed by atoms with Gasteiger partial charge in [0, 0.05) is 44.4 Å². The molecule has 2 heterocycles. The summed E-state index contributed by atoms with van der Waals surface area (Å²) < 4.78 is 30.0. The summed E-state index contributed by atoms with van der Waals surface area (Å²) in [5.41, 5.74) is 4.45. The fourth-order valence-corrected chi connectivity index (χ4v) is 9.47. The summed E-state index contributed by atoms with van der Waals surface area (Å²) in [6.07, 6.45) is -2.46. The largest absolute Gasteiger partial charge is 0.392 e. The molecule has 6 aliphatic rings. The van der Waals surface area contributed by atoms with E-state index in [1.54, 1.807) is 6.92 Å². The quantitative estimate of drug-likeness (QED) is 0.241. The van der Waals surface area contributed by atoms with Crippen molar-refractivity contribution in [3.63, 3.8) is 0 Å². The van der Waals surface area contributed by atoms with Crippen molar-refractivity contribution in [2.75, 3.05) is 20.3 Å². The maximum absolute atomic E-state index is 14.1. The second-order valence-corrected chi connectivity index (χ2v) is 14.2. The Morgan fingerprint density at radius 2 is 1.71 bits per heavy atom. The molecule has 16 unspecified atom stereocenters. The molecular formula is C32H49NO12. The minimum atomic E-state index is -2.09. The number of aliphatic hydroxyl groups excluding tert-OH is 3. The average Bonchev–Trinajstić information content (AvgIpc) is 3.02. The first-order valence-electron chi connectivity index (χ1n) is 16.7. The Bertz CT molecular complexity index is 1100. The number of nitrogens with two attached hydrogens (primary N) is 1. The average molecular weight is 640 g/mol. The molecule has 6 N–H and O–H groups in total. The number of hydrogen-bond acceptors (Lipinski definition) is 13. The molecule has 0 spiro atoms. The lowest BCUT2D eigenvalue weighted by molar-refractivity contribution is -0.297. The standard InChI is InChI=1S/C32H49NO12/c1-14-31(45-21-8-3-4-9-42-21)17(33)10-22(43-14)44-19-12-32(40,20(35)13-34)11-16-24(19)30(39)26-25(28(16)37)27(36)15-6-5-7-18(41-2)23(15)29(26)38/h14-19,21-26,28,30-31,34,37,39-40H,3-13,33H2,1-2H3. The van der Waals surface area contributed by atoms with Crippen molar-refractivity contribution in [3.05, 3.63) is 0 Å². The minimum absolute atomic E-state index is 0.198. The smallest absolute Gasteiger partial charge is 0.189 e. The van der Waals surface area contributed by atoms with E-state index < -0.39 is 102 Å². The van der Waals surface area contributed by atoms with E-state index in [1.165, 1.54) is 7.11 Å². The van der Waals surface area contributed by atoms with E-state index in [2.05, 4.69) is 0 Å². The van der Waals surface area contributed by atoms with Crippen LogP contribution >= 0.6 is 0 Å². The molecule has 0 aromatic rings. The van der Waals surface area contributed by atoms with Crippen LogP contribution in [-0.4, -0.2) is 119 Å². The highest BCUT2D eigenvalue weighted by molar-refractivity contribution is 6.01. The van der Waals surface area contributed by atoms with Crippen molar-refractivity contribution >= 4 is 17.3 Å². The number of ether oxygens (including phenoxy) is 5. The van der Waals surface area contributed by atoms with Crippen LogP contribution in [0, 0.1) is 35.5 Å². The van der Waals surface area contributed by atoms with Crippen molar-refractivity contribution in [1.29, 1.82) is 0 Å². The van der Waals surface area contributed by atoms with E-state index in [0.29, 0.717) is 25.9 Å². The lowest BCUT2D eigenvalue weighted by Gasteiger charge is -2.58. The van der Waals surface area contributed by atoms with Gasteiger partial charge in [0.2, 0.25) is 0 Å². The van der Waals surface area contributed by atoms with Crippen LogP contribution < -0.4 is 5.73 Å². The van der Waals surface area contributed by atoms with Crippen molar-refractivity contribution < 1.29 is 58.5 Å². The summed E-state index contributed by atoms with van der Waals surface area (Å²) in [5, 5.41) is 44.9. The summed E-state index contributed by atoms with van der Waals surface area (Å²) >= 11 is 0. The van der Waals surface area contributed by atoms with Crippen LogP contribution in [0.15, 0.2) is 0 Å². The van der Waals surface area contributed by atoms with Crippen LogP contribution in [0.25, 0.3) is 0 Å². The first kappa shape index (κ1) is 33.5. The topological polar surface area (TPSA) is 204 Å². The van der Waals surface area contributed by atoms with Gasteiger partial charge in [-0.05, 0) is 51.4 Å². The van der Waals surface area contributed by atoms with E-state index >= 15 is 0 Å². The van der Waals surface area contributed by atoms with E-state index in [1.807, 2.05) is 0 Å². The van der Waals surface area contributed by atoms with Gasteiger partial charge in [-0.2, -0.15) is 0 Å². The Hall–Kier alpha value is -1.39. The number of aliphatic hydroxyl groups is 4. The number of Topliss-reactive ketones (excluding diaryl/α,β-unsaturated/α-hetero) is 3. The van der Waals surface area contributed by atoms with Gasteiger partial charge in [0.25, 0.3) is 0 Å². The van der Waals surface area contributed by atoms with Crippen LogP contribution in [0.1, 0.15) is 64.7 Å². The Kier molecular flexibility index (Phi) is 9.87. The number of hydrogen-bond donors (Lipinski definition) is 5. The lowest BCUT2D eigenvalue weighted by atomic mass is 9.49. The molecule has 6 fully saturated rings. The highest BCUT2D eigenvalue weighted by Gasteiger charge is 2.66. The van der Waals surface area contributed by atoms with Gasteiger partial charge < -0.3 is 49.8 Å². The van der Waals surface area contributed by atoms with Crippen molar-refractivity contribution in [2.24, 2.45) is 41.2 Å². The molecule has 45 heavy (non-hydrogen) atoms. The predicted octanol–water partition coefficient (Wildman–Crippen LogP) is -0.385. The summed E-state index contributed by atoms with van der Waals surface area (Å²) in [6.45, 7) is 1.49. The number of rotatable bonds is 7. The predicted molar refractivity (Wildman–Crippen MR) is 154 cm³/mol. The molecule has 4 aliphatic carbocycles. The molecule has 254 valence electrons. The third kappa shape index (κ3) is 5.96. The van der Waals surface area contributed by atoms with Crippen LogP contribution in [0.2, 0.25) is 0 Å². The molecule has 0 amide bonds. The van der Waals surface area contributed by atoms with E-state index in [4.69, 9.17) is 29.4 Å². The number of ketones is 3. The maximum Gasteiger partial charge on any atom is 0.189 e. The molecule has 4 saturated carbocycles. The molecular weight excluding hydrogens is 590 g/mol. The third-order valence-corrected chi connectivity index (χ3v) is 11.6. The molecule has 0 aromatic heterocycles. The molecule has 0 aromatic carbocycles. The highest BCUT2D eigenvalue weighted by Crippen LogP contribution is 2.55. The van der Waals surface area contributed by atoms with Crippen molar-refractivity contribution in [3.8, 4) is 0 Å². The van der Waals surface area contributed by atoms with Gasteiger partial charge in [-0.25, -0.2) is 0 Å². The number of fused-ring (bicyclic) bond motifs is 3. The second kappa shape index (κ2) is 13.3. The SMILES string of the molecule is COC1CCCC2C(=O)C3C(O)C4CC(O)(C(=O)CO)CC(OC5CC(N)C(OC6CCCCO6)C(C)O5)C4C(O)C3C(=O)C12. The van der Waals surface area contributed by atoms with Gasteiger partial charge in [0.15, 0.2) is 18.4 Å². The fourth-order valence-electron chi connectivity index (χ4n) is 9.47. The second-order valence-electron chi connectivity index (χ2n) is 14.2. The van der Waals surface area contributed by atoms with Gasteiger partial charge in [-0.15, -0.1) is 0 Å². The Morgan fingerprint density at radius 3 is 2.38 bits per heavy atom. The van der Waals surface area contributed by atoms with Crippen LogP contribution in [-0.2, 0) is 38.1 Å². The van der Waals surface area contributed by atoms with E-state index in [9.17, 15) is 34.8 Å². The number of carbonyl (C=O) groups excluding carboxylic acids is 3. The molecule has 13 nitrogen and oxygen atoms in total. The van der Waals surface area contributed by atoms with Gasteiger partial charge in [0.05, 0.1) is 48.3 Å². The zero-order valence-corrected chi connectivity index (χ0v) is 26.1. The molecule has 13 heteroatoms.